The fraction of sp³-hybridized carbons (Fsp3) is 0.444. The summed E-state index contributed by atoms with van der Waals surface area (Å²) in [5.74, 6) is 0.579. The number of aliphatic hydroxyl groups is 1. The summed E-state index contributed by atoms with van der Waals surface area (Å²) in [5.41, 5.74) is 1.60. The maximum Gasteiger partial charge on any atom is 0.289 e. The third kappa shape index (κ3) is 5.85. The Morgan fingerprint density at radius 3 is 2.44 bits per heavy atom. The van der Waals surface area contributed by atoms with Gasteiger partial charge < -0.3 is 14.6 Å². The quantitative estimate of drug-likeness (QED) is 0.690. The highest BCUT2D eigenvalue weighted by Gasteiger charge is 2.11. The minimum Gasteiger partial charge on any atom is -0.485 e. The number of hydrogen-bond acceptors (Lipinski definition) is 5. The summed E-state index contributed by atoms with van der Waals surface area (Å²) in [5, 5.41) is 12.8. The molecule has 0 aliphatic rings. The Hall–Kier alpha value is -1.89. The molecule has 2 rings (SSSR count). The third-order valence-corrected chi connectivity index (χ3v) is 3.76. The zero-order chi connectivity index (χ0) is 18.2. The Bertz CT molecular complexity index is 729. The average molecular weight is 367 g/mol. The van der Waals surface area contributed by atoms with Gasteiger partial charge in [0.25, 0.3) is 5.56 Å². The highest BCUT2D eigenvalue weighted by Crippen LogP contribution is 2.20. The predicted octanol–water partition coefficient (Wildman–Crippen LogP) is 2.64. The molecule has 0 saturated carbocycles. The molecule has 0 aliphatic carbocycles. The number of hydrogen-bond donors (Lipinski definition) is 1. The van der Waals surface area contributed by atoms with Crippen molar-refractivity contribution in [1.82, 2.24) is 9.78 Å². The van der Waals surface area contributed by atoms with Crippen molar-refractivity contribution < 1.29 is 14.6 Å². The minimum absolute atomic E-state index is 0.0106. The van der Waals surface area contributed by atoms with E-state index in [1.165, 1.54) is 10.9 Å². The van der Waals surface area contributed by atoms with E-state index in [0.717, 1.165) is 11.1 Å². The second-order valence-electron chi connectivity index (χ2n) is 6.09. The molecule has 0 saturated heterocycles. The lowest BCUT2D eigenvalue weighted by Gasteiger charge is -2.11. The van der Waals surface area contributed by atoms with E-state index in [0.29, 0.717) is 25.7 Å². The Labute approximate surface area is 152 Å². The lowest BCUT2D eigenvalue weighted by Crippen LogP contribution is -2.25. The second kappa shape index (κ2) is 9.56. The van der Waals surface area contributed by atoms with E-state index in [4.69, 9.17) is 26.2 Å². The first-order chi connectivity index (χ1) is 12.0. The maximum absolute atomic E-state index is 12.2. The summed E-state index contributed by atoms with van der Waals surface area (Å²) in [6, 6.07) is 7.69. The van der Waals surface area contributed by atoms with Crippen LogP contribution in [0.1, 0.15) is 25.0 Å². The molecule has 0 unspecified atom stereocenters. The predicted molar refractivity (Wildman–Crippen MR) is 95.9 cm³/mol. The van der Waals surface area contributed by atoms with Gasteiger partial charge in [-0.2, -0.15) is 5.10 Å². The summed E-state index contributed by atoms with van der Waals surface area (Å²) in [4.78, 5) is 12.2. The zero-order valence-corrected chi connectivity index (χ0v) is 15.2. The van der Waals surface area contributed by atoms with Gasteiger partial charge in [-0.05, 0) is 17.0 Å². The summed E-state index contributed by atoms with van der Waals surface area (Å²) >= 11 is 6.11. The number of rotatable bonds is 9. The van der Waals surface area contributed by atoms with Gasteiger partial charge in [0.1, 0.15) is 6.61 Å². The zero-order valence-electron chi connectivity index (χ0n) is 14.4. The van der Waals surface area contributed by atoms with E-state index < -0.39 is 0 Å². The maximum atomic E-state index is 12.2. The van der Waals surface area contributed by atoms with E-state index in [-0.39, 0.29) is 29.5 Å². The van der Waals surface area contributed by atoms with E-state index >= 15 is 0 Å². The van der Waals surface area contributed by atoms with Crippen LogP contribution in [-0.4, -0.2) is 28.1 Å². The first-order valence-electron chi connectivity index (χ1n) is 8.16. The molecule has 0 fully saturated rings. The van der Waals surface area contributed by atoms with Crippen molar-refractivity contribution >= 4 is 11.6 Å². The van der Waals surface area contributed by atoms with Crippen LogP contribution < -0.4 is 10.3 Å². The van der Waals surface area contributed by atoms with Gasteiger partial charge in [-0.25, -0.2) is 4.68 Å². The fourth-order valence-corrected chi connectivity index (χ4v) is 2.37. The van der Waals surface area contributed by atoms with Gasteiger partial charge in [0.15, 0.2) is 10.8 Å². The number of ether oxygens (including phenoxy) is 2. The third-order valence-electron chi connectivity index (χ3n) is 3.41. The first kappa shape index (κ1) is 19.4. The Morgan fingerprint density at radius 1 is 1.20 bits per heavy atom. The van der Waals surface area contributed by atoms with Crippen LogP contribution in [-0.2, 0) is 24.5 Å². The van der Waals surface area contributed by atoms with E-state index in [1.54, 1.807) is 0 Å². The standard InChI is InChI=1S/C18H23ClN2O4/c1-13(2)10-21-18(23)17(19)16(9-20-21)25-12-15-5-3-14(4-6-15)11-24-8-7-22/h3-6,9,13,22H,7-8,10-12H2,1-2H3. The molecule has 0 spiro atoms. The van der Waals surface area contributed by atoms with Gasteiger partial charge in [-0.1, -0.05) is 49.7 Å². The van der Waals surface area contributed by atoms with Gasteiger partial charge in [-0.3, -0.25) is 4.79 Å². The van der Waals surface area contributed by atoms with Crippen LogP contribution in [0.15, 0.2) is 35.3 Å². The number of aliphatic hydroxyl groups excluding tert-OH is 1. The highest BCUT2D eigenvalue weighted by atomic mass is 35.5. The minimum atomic E-state index is -0.343. The first-order valence-corrected chi connectivity index (χ1v) is 8.54. The Balaban J connectivity index is 1.97. The number of aromatic nitrogens is 2. The molecule has 0 radical (unpaired) electrons. The van der Waals surface area contributed by atoms with Gasteiger partial charge in [0, 0.05) is 6.54 Å². The molecule has 0 atom stereocenters. The summed E-state index contributed by atoms with van der Waals surface area (Å²) in [6.45, 7) is 5.59. The number of halogens is 1. The molecule has 6 nitrogen and oxygen atoms in total. The van der Waals surface area contributed by atoms with Crippen molar-refractivity contribution in [3.8, 4) is 5.75 Å². The van der Waals surface area contributed by atoms with Crippen molar-refractivity contribution in [3.05, 3.63) is 57.0 Å². The van der Waals surface area contributed by atoms with Crippen molar-refractivity contribution in [2.45, 2.75) is 33.6 Å². The van der Waals surface area contributed by atoms with Crippen LogP contribution in [0.2, 0.25) is 5.02 Å². The summed E-state index contributed by atoms with van der Waals surface area (Å²) < 4.78 is 12.2. The monoisotopic (exact) mass is 366 g/mol. The second-order valence-corrected chi connectivity index (χ2v) is 6.46. The number of nitrogens with zero attached hydrogens (tertiary/aromatic N) is 2. The molecule has 0 bridgehead atoms. The van der Waals surface area contributed by atoms with Crippen LogP contribution >= 0.6 is 11.6 Å². The summed E-state index contributed by atoms with van der Waals surface area (Å²) in [6.07, 6.45) is 1.48. The van der Waals surface area contributed by atoms with Gasteiger partial charge in [-0.15, -0.1) is 0 Å². The SMILES string of the molecule is CC(C)Cn1ncc(OCc2ccc(COCCO)cc2)c(Cl)c1=O. The van der Waals surface area contributed by atoms with Crippen LogP contribution in [0.3, 0.4) is 0 Å². The van der Waals surface area contributed by atoms with E-state index in [2.05, 4.69) is 5.10 Å². The van der Waals surface area contributed by atoms with Crippen molar-refractivity contribution in [2.24, 2.45) is 5.92 Å². The molecule has 0 aliphatic heterocycles. The largest absolute Gasteiger partial charge is 0.485 e. The van der Waals surface area contributed by atoms with Crippen LogP contribution in [0.25, 0.3) is 0 Å². The molecule has 7 heteroatoms. The Kier molecular flexibility index (Phi) is 7.43. The smallest absolute Gasteiger partial charge is 0.289 e. The molecule has 1 heterocycles. The highest BCUT2D eigenvalue weighted by molar-refractivity contribution is 6.31. The normalized spacial score (nSPS) is 11.1. The molecule has 1 N–H and O–H groups in total. The fourth-order valence-electron chi connectivity index (χ4n) is 2.17. The van der Waals surface area contributed by atoms with Gasteiger partial charge in [0.05, 0.1) is 26.0 Å². The topological polar surface area (TPSA) is 73.6 Å². The van der Waals surface area contributed by atoms with Gasteiger partial charge >= 0.3 is 0 Å². The molecule has 1 aromatic carbocycles. The van der Waals surface area contributed by atoms with Crippen LogP contribution in [0.5, 0.6) is 5.75 Å². The van der Waals surface area contributed by atoms with Crippen molar-refractivity contribution in [2.75, 3.05) is 13.2 Å². The lowest BCUT2D eigenvalue weighted by molar-refractivity contribution is 0.0815. The summed E-state index contributed by atoms with van der Waals surface area (Å²) in [7, 11) is 0. The molecule has 0 amide bonds. The molecule has 136 valence electrons. The van der Waals surface area contributed by atoms with Crippen LogP contribution in [0.4, 0.5) is 0 Å². The molecule has 1 aromatic heterocycles. The molecule has 25 heavy (non-hydrogen) atoms. The molecule has 2 aromatic rings. The van der Waals surface area contributed by atoms with Crippen LogP contribution in [0, 0.1) is 5.92 Å². The Morgan fingerprint density at radius 2 is 1.84 bits per heavy atom. The van der Waals surface area contributed by atoms with E-state index in [1.807, 2.05) is 38.1 Å². The average Bonchev–Trinajstić information content (AvgIpc) is 2.59. The van der Waals surface area contributed by atoms with Gasteiger partial charge in [0.2, 0.25) is 0 Å². The van der Waals surface area contributed by atoms with Crippen molar-refractivity contribution in [3.63, 3.8) is 0 Å². The molecular weight excluding hydrogens is 344 g/mol. The lowest BCUT2D eigenvalue weighted by atomic mass is 10.1. The number of benzene rings is 1. The van der Waals surface area contributed by atoms with Crippen molar-refractivity contribution in [1.29, 1.82) is 0 Å². The molecular formula is C18H23ClN2O4. The van der Waals surface area contributed by atoms with E-state index in [9.17, 15) is 4.79 Å².